The summed E-state index contributed by atoms with van der Waals surface area (Å²) in [4.78, 5) is 2.37. The molecule has 21 heavy (non-hydrogen) atoms. The van der Waals surface area contributed by atoms with Gasteiger partial charge >= 0.3 is 0 Å². The average Bonchev–Trinajstić information content (AvgIpc) is 3.31. The van der Waals surface area contributed by atoms with Crippen LogP contribution >= 0.6 is 0 Å². The summed E-state index contributed by atoms with van der Waals surface area (Å²) in [6, 6.07) is 6.23. The molecule has 1 aliphatic rings. The van der Waals surface area contributed by atoms with E-state index in [4.69, 9.17) is 15.7 Å². The van der Waals surface area contributed by atoms with Crippen molar-refractivity contribution in [3.05, 3.63) is 23.8 Å². The fourth-order valence-electron chi connectivity index (χ4n) is 2.43. The van der Waals surface area contributed by atoms with Crippen LogP contribution in [0.15, 0.2) is 23.4 Å². The molecular weight excluding hydrogens is 266 g/mol. The number of nitrogens with zero attached hydrogens (tertiary/aromatic N) is 2. The molecule has 116 valence electrons. The number of rotatable bonds is 7. The van der Waals surface area contributed by atoms with Gasteiger partial charge in [-0.15, -0.1) is 0 Å². The Morgan fingerprint density at radius 2 is 2.19 bits per heavy atom. The first kappa shape index (κ1) is 15.5. The number of hydrogen-bond donors (Lipinski definition) is 2. The Kier molecular flexibility index (Phi) is 4.94. The molecule has 1 fully saturated rings. The molecule has 0 spiro atoms. The predicted molar refractivity (Wildman–Crippen MR) is 85.3 cm³/mol. The van der Waals surface area contributed by atoms with Gasteiger partial charge in [-0.3, -0.25) is 0 Å². The van der Waals surface area contributed by atoms with Crippen LogP contribution in [0.3, 0.4) is 0 Å². The molecule has 0 radical (unpaired) electrons. The van der Waals surface area contributed by atoms with Crippen LogP contribution in [-0.2, 0) is 0 Å². The standard InChI is InChI=1S/C16H25N3O2/c1-11(2)8-9-19(12-4-5-12)15-10-13(21-3)6-7-14(15)16(17)18-20/h6-7,10-12,20H,4-5,8-9H2,1-3H3,(H2,17,18). The van der Waals surface area contributed by atoms with Crippen molar-refractivity contribution in [2.45, 2.75) is 39.2 Å². The zero-order valence-electron chi connectivity index (χ0n) is 13.0. The minimum atomic E-state index is 0.142. The van der Waals surface area contributed by atoms with Gasteiger partial charge in [0.1, 0.15) is 5.75 Å². The van der Waals surface area contributed by atoms with Crippen LogP contribution in [0.1, 0.15) is 38.7 Å². The lowest BCUT2D eigenvalue weighted by atomic mass is 10.1. The normalized spacial score (nSPS) is 15.3. The number of hydrogen-bond acceptors (Lipinski definition) is 4. The Balaban J connectivity index is 2.36. The molecule has 0 atom stereocenters. The second kappa shape index (κ2) is 6.70. The maximum absolute atomic E-state index is 9.01. The fourth-order valence-corrected chi connectivity index (χ4v) is 2.43. The average molecular weight is 291 g/mol. The fraction of sp³-hybridized carbons (Fsp3) is 0.562. The summed E-state index contributed by atoms with van der Waals surface area (Å²) >= 11 is 0. The molecule has 1 aliphatic carbocycles. The van der Waals surface area contributed by atoms with E-state index in [-0.39, 0.29) is 5.84 Å². The van der Waals surface area contributed by atoms with Crippen molar-refractivity contribution in [2.75, 3.05) is 18.6 Å². The predicted octanol–water partition coefficient (Wildman–Crippen LogP) is 2.80. The Morgan fingerprint density at radius 1 is 1.48 bits per heavy atom. The second-order valence-corrected chi connectivity index (χ2v) is 5.98. The van der Waals surface area contributed by atoms with Gasteiger partial charge in [0.15, 0.2) is 5.84 Å². The van der Waals surface area contributed by atoms with Gasteiger partial charge in [0, 0.05) is 24.2 Å². The lowest BCUT2D eigenvalue weighted by Crippen LogP contribution is -2.30. The van der Waals surface area contributed by atoms with Crippen LogP contribution in [0.25, 0.3) is 0 Å². The van der Waals surface area contributed by atoms with E-state index in [9.17, 15) is 0 Å². The SMILES string of the molecule is COc1ccc(/C(N)=N/O)c(N(CCC(C)C)C2CC2)c1. The highest BCUT2D eigenvalue weighted by Gasteiger charge is 2.31. The van der Waals surface area contributed by atoms with Crippen LogP contribution in [0.5, 0.6) is 5.75 Å². The first-order valence-corrected chi connectivity index (χ1v) is 7.49. The van der Waals surface area contributed by atoms with Gasteiger partial charge in [-0.2, -0.15) is 0 Å². The first-order chi connectivity index (χ1) is 10.1. The largest absolute Gasteiger partial charge is 0.497 e. The molecule has 0 amide bonds. The first-order valence-electron chi connectivity index (χ1n) is 7.49. The van der Waals surface area contributed by atoms with Crippen LogP contribution in [0.2, 0.25) is 0 Å². The Bertz CT molecular complexity index is 510. The Labute approximate surface area is 126 Å². The number of amidine groups is 1. The summed E-state index contributed by atoms with van der Waals surface area (Å²) in [7, 11) is 1.65. The van der Waals surface area contributed by atoms with Gasteiger partial charge in [-0.25, -0.2) is 0 Å². The topological polar surface area (TPSA) is 71.1 Å². The van der Waals surface area contributed by atoms with Gasteiger partial charge in [0.2, 0.25) is 0 Å². The van der Waals surface area contributed by atoms with Crippen molar-refractivity contribution in [3.63, 3.8) is 0 Å². The van der Waals surface area contributed by atoms with E-state index in [1.165, 1.54) is 12.8 Å². The highest BCUT2D eigenvalue weighted by Crippen LogP contribution is 2.36. The van der Waals surface area contributed by atoms with Gasteiger partial charge in [-0.05, 0) is 37.3 Å². The van der Waals surface area contributed by atoms with Crippen molar-refractivity contribution in [1.29, 1.82) is 0 Å². The molecular formula is C16H25N3O2. The second-order valence-electron chi connectivity index (χ2n) is 5.98. The van der Waals surface area contributed by atoms with Crippen LogP contribution in [0.4, 0.5) is 5.69 Å². The molecule has 0 aliphatic heterocycles. The highest BCUT2D eigenvalue weighted by atomic mass is 16.5. The summed E-state index contributed by atoms with van der Waals surface area (Å²) in [6.07, 6.45) is 3.51. The molecule has 0 bridgehead atoms. The molecule has 2 rings (SSSR count). The van der Waals surface area contributed by atoms with Crippen molar-refractivity contribution in [2.24, 2.45) is 16.8 Å². The molecule has 1 saturated carbocycles. The molecule has 5 heteroatoms. The van der Waals surface area contributed by atoms with E-state index in [2.05, 4.69) is 23.9 Å². The van der Waals surface area contributed by atoms with E-state index < -0.39 is 0 Å². The number of nitrogens with two attached hydrogens (primary N) is 1. The summed E-state index contributed by atoms with van der Waals surface area (Å²) < 4.78 is 5.33. The molecule has 1 aromatic rings. The molecule has 0 heterocycles. The Morgan fingerprint density at radius 3 is 2.71 bits per heavy atom. The molecule has 0 aromatic heterocycles. The van der Waals surface area contributed by atoms with Gasteiger partial charge in [0.05, 0.1) is 12.8 Å². The van der Waals surface area contributed by atoms with E-state index in [1.54, 1.807) is 7.11 Å². The van der Waals surface area contributed by atoms with Crippen molar-refractivity contribution in [1.82, 2.24) is 0 Å². The zero-order valence-corrected chi connectivity index (χ0v) is 13.0. The minimum Gasteiger partial charge on any atom is -0.497 e. The monoisotopic (exact) mass is 291 g/mol. The van der Waals surface area contributed by atoms with Crippen LogP contribution in [0, 0.1) is 5.92 Å². The quantitative estimate of drug-likeness (QED) is 0.351. The minimum absolute atomic E-state index is 0.142. The third-order valence-corrected chi connectivity index (χ3v) is 3.83. The molecule has 3 N–H and O–H groups in total. The molecule has 0 unspecified atom stereocenters. The van der Waals surface area contributed by atoms with E-state index in [1.807, 2.05) is 18.2 Å². The summed E-state index contributed by atoms with van der Waals surface area (Å²) in [5, 5.41) is 12.2. The van der Waals surface area contributed by atoms with Crippen molar-refractivity contribution in [3.8, 4) is 5.75 Å². The summed E-state index contributed by atoms with van der Waals surface area (Å²) in [6.45, 7) is 5.42. The number of methoxy groups -OCH3 is 1. The van der Waals surface area contributed by atoms with Gasteiger partial charge in [-0.1, -0.05) is 19.0 Å². The molecule has 0 saturated heterocycles. The van der Waals surface area contributed by atoms with Crippen LogP contribution < -0.4 is 15.4 Å². The van der Waals surface area contributed by atoms with Crippen molar-refractivity contribution < 1.29 is 9.94 Å². The van der Waals surface area contributed by atoms with Gasteiger partial charge in [0.25, 0.3) is 0 Å². The Hall–Kier alpha value is -1.91. The number of anilines is 1. The van der Waals surface area contributed by atoms with E-state index >= 15 is 0 Å². The van der Waals surface area contributed by atoms with E-state index in [0.29, 0.717) is 12.0 Å². The number of benzene rings is 1. The van der Waals surface area contributed by atoms with Crippen LogP contribution in [-0.4, -0.2) is 30.7 Å². The van der Waals surface area contributed by atoms with E-state index in [0.717, 1.165) is 30.0 Å². The maximum Gasteiger partial charge on any atom is 0.172 e. The smallest absolute Gasteiger partial charge is 0.172 e. The molecule has 1 aromatic carbocycles. The van der Waals surface area contributed by atoms with Gasteiger partial charge < -0.3 is 20.6 Å². The lowest BCUT2D eigenvalue weighted by molar-refractivity contribution is 0.318. The number of oxime groups is 1. The lowest BCUT2D eigenvalue weighted by Gasteiger charge is -2.28. The molecule has 5 nitrogen and oxygen atoms in total. The zero-order chi connectivity index (χ0) is 15.4. The summed E-state index contributed by atoms with van der Waals surface area (Å²) in [5.41, 5.74) is 7.59. The van der Waals surface area contributed by atoms with Crippen molar-refractivity contribution >= 4 is 11.5 Å². The third kappa shape index (κ3) is 3.80. The number of ether oxygens (including phenoxy) is 1. The summed E-state index contributed by atoms with van der Waals surface area (Å²) in [5.74, 6) is 1.57. The maximum atomic E-state index is 9.01. The third-order valence-electron chi connectivity index (χ3n) is 3.83. The highest BCUT2D eigenvalue weighted by molar-refractivity contribution is 6.02.